The first-order valence-corrected chi connectivity index (χ1v) is 5.23. The lowest BCUT2D eigenvalue weighted by atomic mass is 10.2. The van der Waals surface area contributed by atoms with Gasteiger partial charge in [0.15, 0.2) is 0 Å². The average Bonchev–Trinajstić information content (AvgIpc) is 2.74. The summed E-state index contributed by atoms with van der Waals surface area (Å²) in [6.07, 6.45) is 1.72. The number of pyridine rings is 1. The van der Waals surface area contributed by atoms with Crippen molar-refractivity contribution in [3.05, 3.63) is 35.3 Å². The number of hydrogen-bond acceptors (Lipinski definition) is 4. The molecule has 0 aliphatic carbocycles. The Morgan fingerprint density at radius 1 is 1.67 bits per heavy atom. The molecule has 0 fully saturated rings. The second-order valence-electron chi connectivity index (χ2n) is 2.93. The average molecular weight is 219 g/mol. The van der Waals surface area contributed by atoms with Gasteiger partial charge in [-0.3, -0.25) is 0 Å². The Morgan fingerprint density at radius 2 is 2.47 bits per heavy atom. The minimum absolute atomic E-state index is 0.318. The number of ether oxygens (including phenoxy) is 1. The second-order valence-corrected chi connectivity index (χ2v) is 3.84. The van der Waals surface area contributed by atoms with Crippen molar-refractivity contribution in [3.63, 3.8) is 0 Å². The van der Waals surface area contributed by atoms with Crippen LogP contribution in [0.3, 0.4) is 0 Å². The number of methoxy groups -OCH3 is 1. The number of nitrogens with zero attached hydrogens (tertiary/aromatic N) is 1. The Labute approximate surface area is 91.0 Å². The Morgan fingerprint density at radius 3 is 3.13 bits per heavy atom. The largest absolute Gasteiger partial charge is 0.464 e. The third kappa shape index (κ3) is 1.64. The van der Waals surface area contributed by atoms with Gasteiger partial charge in [0.25, 0.3) is 0 Å². The van der Waals surface area contributed by atoms with Crippen LogP contribution in [0.1, 0.15) is 16.1 Å². The summed E-state index contributed by atoms with van der Waals surface area (Å²) < 4.78 is 5.67. The monoisotopic (exact) mass is 219 g/mol. The normalized spacial score (nSPS) is 10.2. The third-order valence-corrected chi connectivity index (χ3v) is 3.01. The number of esters is 1. The van der Waals surface area contributed by atoms with Crippen molar-refractivity contribution in [2.45, 2.75) is 0 Å². The fourth-order valence-corrected chi connectivity index (χ4v) is 2.19. The third-order valence-electron chi connectivity index (χ3n) is 2.05. The van der Waals surface area contributed by atoms with Gasteiger partial charge in [0, 0.05) is 0 Å². The zero-order chi connectivity index (χ0) is 10.8. The van der Waals surface area contributed by atoms with Gasteiger partial charge in [0.1, 0.15) is 5.69 Å². The number of fused-ring (bicyclic) bond motifs is 1. The van der Waals surface area contributed by atoms with Crippen LogP contribution >= 0.6 is 11.3 Å². The molecule has 2 aromatic heterocycles. The van der Waals surface area contributed by atoms with E-state index in [-0.39, 0.29) is 0 Å². The summed E-state index contributed by atoms with van der Waals surface area (Å²) in [5, 5.41) is 1.94. The van der Waals surface area contributed by atoms with E-state index in [4.69, 9.17) is 0 Å². The van der Waals surface area contributed by atoms with Crippen molar-refractivity contribution in [2.75, 3.05) is 7.11 Å². The van der Waals surface area contributed by atoms with E-state index in [1.807, 2.05) is 11.4 Å². The van der Waals surface area contributed by atoms with Crippen molar-refractivity contribution in [1.82, 2.24) is 4.98 Å². The minimum atomic E-state index is -0.425. The summed E-state index contributed by atoms with van der Waals surface area (Å²) in [6.45, 7) is 3.71. The second kappa shape index (κ2) is 3.82. The first-order valence-electron chi connectivity index (χ1n) is 4.35. The van der Waals surface area contributed by atoms with E-state index < -0.39 is 5.97 Å². The van der Waals surface area contributed by atoms with Crippen LogP contribution in [0.15, 0.2) is 24.1 Å². The Kier molecular flexibility index (Phi) is 2.51. The zero-order valence-corrected chi connectivity index (χ0v) is 9.00. The molecule has 76 valence electrons. The van der Waals surface area contributed by atoms with Crippen LogP contribution in [-0.4, -0.2) is 18.1 Å². The highest BCUT2D eigenvalue weighted by molar-refractivity contribution is 7.17. The molecule has 0 amide bonds. The van der Waals surface area contributed by atoms with Crippen LogP contribution in [0.2, 0.25) is 0 Å². The molecule has 3 nitrogen and oxygen atoms in total. The maximum atomic E-state index is 11.3. The van der Waals surface area contributed by atoms with Crippen molar-refractivity contribution in [3.8, 4) is 0 Å². The van der Waals surface area contributed by atoms with Gasteiger partial charge in [0.05, 0.1) is 17.3 Å². The molecule has 4 heteroatoms. The molecule has 0 aliphatic rings. The van der Waals surface area contributed by atoms with Gasteiger partial charge in [-0.1, -0.05) is 12.7 Å². The molecule has 0 radical (unpaired) electrons. The van der Waals surface area contributed by atoms with Gasteiger partial charge in [0.2, 0.25) is 0 Å². The number of thiophene rings is 1. The highest BCUT2D eigenvalue weighted by Crippen LogP contribution is 2.25. The summed E-state index contributed by atoms with van der Waals surface area (Å²) in [7, 11) is 1.34. The van der Waals surface area contributed by atoms with Crippen LogP contribution in [0.5, 0.6) is 0 Å². The molecule has 2 aromatic rings. The van der Waals surface area contributed by atoms with Crippen molar-refractivity contribution in [2.24, 2.45) is 0 Å². The number of hydrogen-bond donors (Lipinski definition) is 0. The maximum Gasteiger partial charge on any atom is 0.356 e. The van der Waals surface area contributed by atoms with E-state index >= 15 is 0 Å². The fraction of sp³-hybridized carbons (Fsp3) is 0.0909. The lowest BCUT2D eigenvalue weighted by molar-refractivity contribution is 0.0594. The molecule has 0 N–H and O–H groups in total. The molecule has 15 heavy (non-hydrogen) atoms. The Balaban J connectivity index is 2.68. The molecule has 2 heterocycles. The smallest absolute Gasteiger partial charge is 0.356 e. The van der Waals surface area contributed by atoms with Crippen LogP contribution in [0.25, 0.3) is 16.3 Å². The standard InChI is InChI=1S/C11H9NO2S/c1-3-7-6-9(11(13)14-2)12-8-4-5-15-10(7)8/h3-6H,1H2,2H3. The summed E-state index contributed by atoms with van der Waals surface area (Å²) in [6, 6.07) is 3.57. The summed E-state index contributed by atoms with van der Waals surface area (Å²) >= 11 is 1.58. The summed E-state index contributed by atoms with van der Waals surface area (Å²) in [4.78, 5) is 15.5. The Hall–Kier alpha value is -1.68. The SMILES string of the molecule is C=Cc1cc(C(=O)OC)nc2ccsc12. The quantitative estimate of drug-likeness (QED) is 0.729. The molecular weight excluding hydrogens is 210 g/mol. The fourth-order valence-electron chi connectivity index (χ4n) is 1.34. The molecule has 0 unspecified atom stereocenters. The molecule has 0 aliphatic heterocycles. The van der Waals surface area contributed by atoms with Crippen molar-refractivity contribution in [1.29, 1.82) is 0 Å². The number of carbonyl (C=O) groups is 1. The molecule has 0 aromatic carbocycles. The van der Waals surface area contributed by atoms with Gasteiger partial charge >= 0.3 is 5.97 Å². The molecule has 0 atom stereocenters. The van der Waals surface area contributed by atoms with Gasteiger partial charge in [-0.15, -0.1) is 11.3 Å². The van der Waals surface area contributed by atoms with E-state index in [9.17, 15) is 4.79 Å². The lowest BCUT2D eigenvalue weighted by Crippen LogP contribution is -2.04. The van der Waals surface area contributed by atoms with Crippen LogP contribution in [0, 0.1) is 0 Å². The van der Waals surface area contributed by atoms with Gasteiger partial charge in [-0.05, 0) is 23.1 Å². The van der Waals surface area contributed by atoms with Crippen LogP contribution < -0.4 is 0 Å². The lowest BCUT2D eigenvalue weighted by Gasteiger charge is -2.01. The Bertz CT molecular complexity index is 530. The molecule has 0 saturated heterocycles. The first-order chi connectivity index (χ1) is 7.26. The molecule has 0 spiro atoms. The molecule has 0 bridgehead atoms. The highest BCUT2D eigenvalue weighted by atomic mass is 32.1. The maximum absolute atomic E-state index is 11.3. The minimum Gasteiger partial charge on any atom is -0.464 e. The number of aromatic nitrogens is 1. The van der Waals surface area contributed by atoms with Gasteiger partial charge in [-0.2, -0.15) is 0 Å². The predicted octanol–water partition coefficient (Wildman–Crippen LogP) is 2.73. The predicted molar refractivity (Wildman–Crippen MR) is 61.1 cm³/mol. The summed E-state index contributed by atoms with van der Waals surface area (Å²) in [5.74, 6) is -0.425. The van der Waals surface area contributed by atoms with Crippen molar-refractivity contribution >= 4 is 33.6 Å². The van der Waals surface area contributed by atoms with E-state index in [2.05, 4.69) is 16.3 Å². The van der Waals surface area contributed by atoms with Gasteiger partial charge in [-0.25, -0.2) is 9.78 Å². The van der Waals surface area contributed by atoms with Crippen LogP contribution in [-0.2, 0) is 4.74 Å². The van der Waals surface area contributed by atoms with Gasteiger partial charge < -0.3 is 4.74 Å². The van der Waals surface area contributed by atoms with E-state index in [0.29, 0.717) is 5.69 Å². The van der Waals surface area contributed by atoms with Crippen LogP contribution in [0.4, 0.5) is 0 Å². The van der Waals surface area contributed by atoms with E-state index in [1.54, 1.807) is 23.5 Å². The summed E-state index contributed by atoms with van der Waals surface area (Å²) in [5.41, 5.74) is 2.03. The molecule has 0 saturated carbocycles. The number of carbonyl (C=O) groups excluding carboxylic acids is 1. The highest BCUT2D eigenvalue weighted by Gasteiger charge is 2.11. The van der Waals surface area contributed by atoms with E-state index in [0.717, 1.165) is 15.8 Å². The zero-order valence-electron chi connectivity index (χ0n) is 8.19. The topological polar surface area (TPSA) is 39.2 Å². The van der Waals surface area contributed by atoms with Crippen molar-refractivity contribution < 1.29 is 9.53 Å². The molecule has 2 rings (SSSR count). The first kappa shape index (κ1) is 9.86. The van der Waals surface area contributed by atoms with E-state index in [1.165, 1.54) is 7.11 Å². The number of rotatable bonds is 2. The molecular formula is C11H9NO2S.